The number of rotatable bonds is 11. The van der Waals surface area contributed by atoms with Crippen LogP contribution in [-0.2, 0) is 18.9 Å². The molecule has 0 aliphatic rings. The molecule has 0 aliphatic heterocycles. The van der Waals surface area contributed by atoms with E-state index in [0.717, 1.165) is 0 Å². The second-order valence-corrected chi connectivity index (χ2v) is 3.00. The molecule has 0 saturated heterocycles. The molecule has 0 aromatic heterocycles. The van der Waals surface area contributed by atoms with E-state index in [1.165, 1.54) is 0 Å². The van der Waals surface area contributed by atoms with Crippen molar-refractivity contribution in [3.63, 3.8) is 0 Å². The number of hydrogen-bond donors (Lipinski definition) is 0. The van der Waals surface area contributed by atoms with E-state index < -0.39 is 13.5 Å². The summed E-state index contributed by atoms with van der Waals surface area (Å²) >= 11 is 0. The predicted molar refractivity (Wildman–Crippen MR) is 53.4 cm³/mol. The Morgan fingerprint density at radius 2 is 1.18 bits per heavy atom. The minimum atomic E-state index is -4.85. The molecule has 0 spiro atoms. The van der Waals surface area contributed by atoms with Gasteiger partial charge in [0, 0.05) is 13.6 Å². The van der Waals surface area contributed by atoms with Crippen molar-refractivity contribution in [3.8, 4) is 0 Å². The summed E-state index contributed by atoms with van der Waals surface area (Å²) in [5, 5.41) is 0. The summed E-state index contributed by atoms with van der Waals surface area (Å²) in [6.45, 7) is -4.22. The van der Waals surface area contributed by atoms with E-state index in [2.05, 4.69) is 4.74 Å². The van der Waals surface area contributed by atoms with Gasteiger partial charge in [-0.05, 0) is 0 Å². The Hall–Kier alpha value is 1.33. The van der Waals surface area contributed by atoms with Crippen LogP contribution in [0.5, 0.6) is 0 Å². The molecule has 17 heavy (non-hydrogen) atoms. The topological polar surface area (TPSA) is 36.9 Å². The van der Waals surface area contributed by atoms with Crippen molar-refractivity contribution in [2.24, 2.45) is 0 Å². The fourth-order valence-electron chi connectivity index (χ4n) is 0.799. The molecule has 0 heterocycles. The Morgan fingerprint density at radius 1 is 0.765 bits per heavy atom. The molecule has 4 nitrogen and oxygen atoms in total. The molecule has 0 radical (unpaired) electrons. The zero-order valence-corrected chi connectivity index (χ0v) is 13.4. The van der Waals surface area contributed by atoms with E-state index in [1.54, 1.807) is 7.11 Å². The van der Waals surface area contributed by atoms with Crippen molar-refractivity contribution >= 4 is 6.98 Å². The van der Waals surface area contributed by atoms with Crippen LogP contribution in [0.2, 0.25) is 0 Å². The van der Waals surface area contributed by atoms with Crippen molar-refractivity contribution in [1.29, 1.82) is 0 Å². The van der Waals surface area contributed by atoms with Crippen LogP contribution in [0.3, 0.4) is 0 Å². The third-order valence-corrected chi connectivity index (χ3v) is 1.48. The summed E-state index contributed by atoms with van der Waals surface area (Å²) in [7, 11) is 1.57. The number of halogens is 3. The average Bonchev–Trinajstić information content (AvgIpc) is 2.19. The predicted octanol–water partition coefficient (Wildman–Crippen LogP) is -1.93. The molecule has 0 aromatic rings. The largest absolute Gasteiger partial charge is 1.00 e. The summed E-state index contributed by atoms with van der Waals surface area (Å²) in [4.78, 5) is 0. The monoisotopic (exact) mass is 284 g/mol. The van der Waals surface area contributed by atoms with Crippen LogP contribution in [0.1, 0.15) is 0 Å². The molecule has 0 amide bonds. The fourth-order valence-corrected chi connectivity index (χ4v) is 0.799. The third-order valence-electron chi connectivity index (χ3n) is 1.48. The molecule has 0 saturated carbocycles. The van der Waals surface area contributed by atoms with Gasteiger partial charge in [-0.3, -0.25) is 0 Å². The van der Waals surface area contributed by atoms with Crippen molar-refractivity contribution in [2.45, 2.75) is 0 Å². The van der Waals surface area contributed by atoms with Gasteiger partial charge in [0.25, 0.3) is 0 Å². The van der Waals surface area contributed by atoms with E-state index in [0.29, 0.717) is 26.4 Å². The maximum absolute atomic E-state index is 11.7. The van der Waals surface area contributed by atoms with Crippen LogP contribution < -0.4 is 51.4 Å². The molecule has 0 N–H and O–H groups in total. The first kappa shape index (κ1) is 20.6. The van der Waals surface area contributed by atoms with Crippen LogP contribution in [-0.4, -0.2) is 60.2 Å². The van der Waals surface area contributed by atoms with Gasteiger partial charge in [-0.25, -0.2) is 0 Å². The molecular weight excluding hydrogens is 267 g/mol. The first-order valence-electron chi connectivity index (χ1n) is 4.99. The normalized spacial score (nSPS) is 11.3. The Labute approximate surface area is 142 Å². The van der Waals surface area contributed by atoms with E-state index >= 15 is 0 Å². The van der Waals surface area contributed by atoms with Gasteiger partial charge in [-0.1, -0.05) is 0 Å². The van der Waals surface area contributed by atoms with E-state index in [4.69, 9.17) is 14.2 Å². The molecule has 0 rings (SSSR count). The Kier molecular flexibility index (Phi) is 16.7. The van der Waals surface area contributed by atoms with Crippen LogP contribution in [0.25, 0.3) is 0 Å². The maximum Gasteiger partial charge on any atom is 1.00 e. The smallest absolute Gasteiger partial charge is 0.447 e. The minimum absolute atomic E-state index is 0. The summed E-state index contributed by atoms with van der Waals surface area (Å²) in [6.07, 6.45) is 0. The van der Waals surface area contributed by atoms with E-state index in [1.807, 2.05) is 0 Å². The van der Waals surface area contributed by atoms with Crippen molar-refractivity contribution in [2.75, 3.05) is 53.3 Å². The van der Waals surface area contributed by atoms with Crippen LogP contribution in [0.4, 0.5) is 12.9 Å². The SMILES string of the molecule is COCCOCCOCCOC[B-](F)(F)F.[K+]. The van der Waals surface area contributed by atoms with Crippen LogP contribution in [0.15, 0.2) is 0 Å². The first-order valence-corrected chi connectivity index (χ1v) is 4.99. The number of methoxy groups -OCH3 is 1. The Balaban J connectivity index is 0. The molecule has 0 aliphatic carbocycles. The molecular formula is C8H17BF3KO4. The Bertz CT molecular complexity index is 162. The van der Waals surface area contributed by atoms with Gasteiger partial charge in [0.2, 0.25) is 0 Å². The molecule has 0 fully saturated rings. The van der Waals surface area contributed by atoms with Crippen LogP contribution >= 0.6 is 0 Å². The third kappa shape index (κ3) is 19.8. The molecule has 0 aromatic carbocycles. The number of ether oxygens (including phenoxy) is 4. The standard InChI is InChI=1S/C8H17BF3O4.K/c1-13-2-3-14-4-5-15-6-7-16-8-9(10,11)12;/h2-8H2,1H3;/q-1;+1. The molecule has 98 valence electrons. The Morgan fingerprint density at radius 3 is 1.59 bits per heavy atom. The summed E-state index contributed by atoms with van der Waals surface area (Å²) in [5.41, 5.74) is 0. The van der Waals surface area contributed by atoms with Crippen molar-refractivity contribution < 1.29 is 83.3 Å². The zero-order chi connectivity index (χ0) is 12.3. The minimum Gasteiger partial charge on any atom is -0.447 e. The van der Waals surface area contributed by atoms with Gasteiger partial charge in [-0.15, -0.1) is 0 Å². The van der Waals surface area contributed by atoms with Crippen LogP contribution in [0, 0.1) is 0 Å². The summed E-state index contributed by atoms with van der Waals surface area (Å²) in [5.74, 6) is 0. The van der Waals surface area contributed by atoms with Crippen molar-refractivity contribution in [3.05, 3.63) is 0 Å². The van der Waals surface area contributed by atoms with Gasteiger partial charge < -0.3 is 31.9 Å². The van der Waals surface area contributed by atoms with Gasteiger partial charge in [0.15, 0.2) is 0 Å². The average molecular weight is 284 g/mol. The number of hydrogen-bond acceptors (Lipinski definition) is 4. The van der Waals surface area contributed by atoms with Crippen molar-refractivity contribution in [1.82, 2.24) is 0 Å². The van der Waals surface area contributed by atoms with E-state index in [9.17, 15) is 12.9 Å². The van der Waals surface area contributed by atoms with Gasteiger partial charge in [-0.2, -0.15) is 0 Å². The fraction of sp³-hybridized carbons (Fsp3) is 1.00. The van der Waals surface area contributed by atoms with Gasteiger partial charge >= 0.3 is 58.4 Å². The summed E-state index contributed by atoms with van der Waals surface area (Å²) in [6, 6.07) is 0. The second-order valence-electron chi connectivity index (χ2n) is 3.00. The summed E-state index contributed by atoms with van der Waals surface area (Å²) < 4.78 is 54.2. The molecule has 9 heteroatoms. The second kappa shape index (κ2) is 13.8. The first-order chi connectivity index (χ1) is 7.56. The molecule has 0 atom stereocenters. The molecule has 0 bridgehead atoms. The van der Waals surface area contributed by atoms with E-state index in [-0.39, 0.29) is 64.6 Å². The molecule has 0 unspecified atom stereocenters. The quantitative estimate of drug-likeness (QED) is 0.327. The zero-order valence-electron chi connectivity index (χ0n) is 10.3. The maximum atomic E-state index is 11.7. The van der Waals surface area contributed by atoms with Gasteiger partial charge in [0.05, 0.1) is 39.6 Å². The van der Waals surface area contributed by atoms with Gasteiger partial charge in [0.1, 0.15) is 0 Å².